The lowest BCUT2D eigenvalue weighted by Crippen LogP contribution is -2.48. The van der Waals surface area contributed by atoms with Gasteiger partial charge in [0.25, 0.3) is 11.4 Å². The van der Waals surface area contributed by atoms with Gasteiger partial charge in [-0.15, -0.1) is 0 Å². The molecule has 0 amide bonds. The van der Waals surface area contributed by atoms with Crippen molar-refractivity contribution in [2.45, 2.75) is 25.0 Å². The zero-order chi connectivity index (χ0) is 16.4. The molecule has 3 rings (SSSR count). The summed E-state index contributed by atoms with van der Waals surface area (Å²) in [6.45, 7) is 3.00. The molecule has 0 aliphatic carbocycles. The Labute approximate surface area is 132 Å². The number of hydrogen-bond acceptors (Lipinski definition) is 7. The van der Waals surface area contributed by atoms with Gasteiger partial charge in [0, 0.05) is 25.2 Å². The van der Waals surface area contributed by atoms with Crippen molar-refractivity contribution in [1.29, 1.82) is 0 Å². The van der Waals surface area contributed by atoms with Crippen molar-refractivity contribution in [3.05, 3.63) is 38.4 Å². The molecule has 1 aromatic carbocycles. The number of benzene rings is 1. The average molecular weight is 322 g/mol. The maximum Gasteiger partial charge on any atom is 0.299 e. The highest BCUT2D eigenvalue weighted by atomic mass is 16.6. The molecule has 0 bridgehead atoms. The molecule has 2 saturated heterocycles. The highest BCUT2D eigenvalue weighted by Gasteiger charge is 2.32. The summed E-state index contributed by atoms with van der Waals surface area (Å²) in [5, 5.41) is 24.8. The molecule has 0 radical (unpaired) electrons. The van der Waals surface area contributed by atoms with Crippen LogP contribution in [0.3, 0.4) is 0 Å². The van der Waals surface area contributed by atoms with E-state index in [9.17, 15) is 20.2 Å². The smallest absolute Gasteiger partial charge is 0.299 e. The summed E-state index contributed by atoms with van der Waals surface area (Å²) in [6, 6.07) is 4.10. The third-order valence-corrected chi connectivity index (χ3v) is 4.37. The predicted octanol–water partition coefficient (Wildman–Crippen LogP) is 1.78. The summed E-state index contributed by atoms with van der Waals surface area (Å²) < 4.78 is 5.79. The molecule has 9 heteroatoms. The number of rotatable bonds is 5. The number of ether oxygens (including phenoxy) is 1. The second-order valence-corrected chi connectivity index (χ2v) is 5.84. The van der Waals surface area contributed by atoms with Gasteiger partial charge in [-0.05, 0) is 25.5 Å². The number of anilines is 1. The number of fused-ring (bicyclic) bond motifs is 1. The quantitative estimate of drug-likeness (QED) is 0.649. The van der Waals surface area contributed by atoms with Crippen LogP contribution in [0.1, 0.15) is 12.8 Å². The summed E-state index contributed by atoms with van der Waals surface area (Å²) >= 11 is 0. The number of non-ortho nitro benzene ring substituents is 1. The van der Waals surface area contributed by atoms with Crippen LogP contribution in [0.2, 0.25) is 0 Å². The Hall–Kier alpha value is -2.26. The van der Waals surface area contributed by atoms with Crippen LogP contribution >= 0.6 is 0 Å². The zero-order valence-electron chi connectivity index (χ0n) is 12.5. The fourth-order valence-electron chi connectivity index (χ4n) is 3.17. The van der Waals surface area contributed by atoms with Gasteiger partial charge in [0.2, 0.25) is 0 Å². The number of hydrogen-bond donors (Lipinski definition) is 1. The molecule has 2 aliphatic heterocycles. The van der Waals surface area contributed by atoms with E-state index in [0.29, 0.717) is 19.2 Å². The monoisotopic (exact) mass is 322 g/mol. The Balaban J connectivity index is 1.65. The molecular formula is C14H18N4O5. The molecule has 0 saturated carbocycles. The first-order chi connectivity index (χ1) is 11.0. The third kappa shape index (κ3) is 3.40. The van der Waals surface area contributed by atoms with E-state index in [1.54, 1.807) is 0 Å². The molecule has 2 heterocycles. The molecule has 23 heavy (non-hydrogen) atoms. The number of nitro groups is 2. The number of nitro benzene ring substituents is 2. The van der Waals surface area contributed by atoms with E-state index in [1.165, 1.54) is 18.6 Å². The van der Waals surface area contributed by atoms with Gasteiger partial charge in [0.1, 0.15) is 5.69 Å². The number of morpholine rings is 1. The summed E-state index contributed by atoms with van der Waals surface area (Å²) in [7, 11) is 0. The predicted molar refractivity (Wildman–Crippen MR) is 82.6 cm³/mol. The Bertz CT molecular complexity index is 623. The summed E-state index contributed by atoms with van der Waals surface area (Å²) in [6.07, 6.45) is 2.30. The van der Waals surface area contributed by atoms with Crippen LogP contribution in [0.4, 0.5) is 17.1 Å². The molecule has 9 nitrogen and oxygen atoms in total. The summed E-state index contributed by atoms with van der Waals surface area (Å²) in [5.74, 6) is 0. The van der Waals surface area contributed by atoms with Crippen molar-refractivity contribution in [3.8, 4) is 0 Å². The second-order valence-electron chi connectivity index (χ2n) is 5.84. The minimum atomic E-state index is -0.644. The summed E-state index contributed by atoms with van der Waals surface area (Å²) in [4.78, 5) is 23.0. The second kappa shape index (κ2) is 6.47. The fourth-order valence-corrected chi connectivity index (χ4v) is 3.17. The Morgan fingerprint density at radius 3 is 2.87 bits per heavy atom. The van der Waals surface area contributed by atoms with E-state index >= 15 is 0 Å². The van der Waals surface area contributed by atoms with E-state index in [1.807, 2.05) is 0 Å². The van der Waals surface area contributed by atoms with Gasteiger partial charge in [0.05, 0.1) is 28.6 Å². The highest BCUT2D eigenvalue weighted by Crippen LogP contribution is 2.29. The van der Waals surface area contributed by atoms with Gasteiger partial charge in [-0.2, -0.15) is 0 Å². The SMILES string of the molecule is O=[N+]([O-])c1ccc(NC[C@H]2CN3CCC[C@@H]3CO2)c([N+](=O)[O-])c1. The van der Waals surface area contributed by atoms with Gasteiger partial charge < -0.3 is 10.1 Å². The van der Waals surface area contributed by atoms with E-state index in [4.69, 9.17) is 4.74 Å². The zero-order valence-corrected chi connectivity index (χ0v) is 12.5. The molecule has 1 aromatic rings. The van der Waals surface area contributed by atoms with Crippen LogP contribution < -0.4 is 5.32 Å². The Morgan fingerprint density at radius 2 is 2.13 bits per heavy atom. The van der Waals surface area contributed by atoms with Crippen LogP contribution in [0.5, 0.6) is 0 Å². The molecule has 2 aliphatic rings. The standard InChI is InChI=1S/C14H18N4O5/c19-17(20)10-3-4-13(14(6-10)18(21)22)15-7-12-8-16-5-1-2-11(16)9-23-12/h3-4,6,11-12,15H,1-2,5,7-9H2/t11-,12+/m1/s1. The largest absolute Gasteiger partial charge is 0.377 e. The first-order valence-corrected chi connectivity index (χ1v) is 7.57. The molecule has 1 N–H and O–H groups in total. The lowest BCUT2D eigenvalue weighted by Gasteiger charge is -2.35. The van der Waals surface area contributed by atoms with Crippen LogP contribution in [0.25, 0.3) is 0 Å². The first-order valence-electron chi connectivity index (χ1n) is 7.57. The highest BCUT2D eigenvalue weighted by molar-refractivity contribution is 5.65. The third-order valence-electron chi connectivity index (χ3n) is 4.37. The van der Waals surface area contributed by atoms with Crippen molar-refractivity contribution in [1.82, 2.24) is 4.90 Å². The van der Waals surface area contributed by atoms with Crippen molar-refractivity contribution in [2.24, 2.45) is 0 Å². The van der Waals surface area contributed by atoms with Crippen molar-refractivity contribution in [3.63, 3.8) is 0 Å². The summed E-state index contributed by atoms with van der Waals surface area (Å²) in [5.41, 5.74) is -0.321. The van der Waals surface area contributed by atoms with Gasteiger partial charge in [-0.3, -0.25) is 25.1 Å². The minimum Gasteiger partial charge on any atom is -0.377 e. The number of nitrogens with zero attached hydrogens (tertiary/aromatic N) is 3. The van der Waals surface area contributed by atoms with Gasteiger partial charge in [-0.1, -0.05) is 0 Å². The molecule has 0 aromatic heterocycles. The van der Waals surface area contributed by atoms with Crippen molar-refractivity contribution >= 4 is 17.1 Å². The van der Waals surface area contributed by atoms with Crippen LogP contribution in [0, 0.1) is 20.2 Å². The van der Waals surface area contributed by atoms with Crippen LogP contribution in [-0.2, 0) is 4.74 Å². The van der Waals surface area contributed by atoms with Crippen LogP contribution in [0.15, 0.2) is 18.2 Å². The Morgan fingerprint density at radius 1 is 1.30 bits per heavy atom. The maximum atomic E-state index is 11.1. The van der Waals surface area contributed by atoms with Gasteiger partial charge >= 0.3 is 0 Å². The molecule has 0 unspecified atom stereocenters. The van der Waals surface area contributed by atoms with Gasteiger partial charge in [0.15, 0.2) is 0 Å². The lowest BCUT2D eigenvalue weighted by atomic mass is 10.2. The molecule has 0 spiro atoms. The lowest BCUT2D eigenvalue weighted by molar-refractivity contribution is -0.393. The topological polar surface area (TPSA) is 111 Å². The first kappa shape index (κ1) is 15.6. The van der Waals surface area contributed by atoms with Crippen molar-refractivity contribution in [2.75, 3.05) is 31.6 Å². The van der Waals surface area contributed by atoms with E-state index in [2.05, 4.69) is 10.2 Å². The van der Waals surface area contributed by atoms with Gasteiger partial charge in [-0.25, -0.2) is 0 Å². The fraction of sp³-hybridized carbons (Fsp3) is 0.571. The van der Waals surface area contributed by atoms with E-state index in [0.717, 1.165) is 25.6 Å². The molecule has 124 valence electrons. The van der Waals surface area contributed by atoms with Crippen LogP contribution in [-0.4, -0.2) is 53.1 Å². The molecular weight excluding hydrogens is 304 g/mol. The molecule has 2 atom stereocenters. The van der Waals surface area contributed by atoms with E-state index < -0.39 is 9.85 Å². The van der Waals surface area contributed by atoms with Crippen molar-refractivity contribution < 1.29 is 14.6 Å². The Kier molecular flexibility index (Phi) is 4.39. The maximum absolute atomic E-state index is 11.1. The number of nitrogens with one attached hydrogen (secondary N) is 1. The normalized spacial score (nSPS) is 24.2. The van der Waals surface area contributed by atoms with E-state index in [-0.39, 0.29) is 23.2 Å². The molecule has 2 fully saturated rings. The minimum absolute atomic E-state index is 0.0425. The average Bonchev–Trinajstić information content (AvgIpc) is 3.00.